The minimum atomic E-state index is -3.44. The van der Waals surface area contributed by atoms with Gasteiger partial charge in [0.05, 0.1) is 12.0 Å². The van der Waals surface area contributed by atoms with Crippen LogP contribution in [0.1, 0.15) is 30.9 Å². The second kappa shape index (κ2) is 7.64. The summed E-state index contributed by atoms with van der Waals surface area (Å²) in [6.45, 7) is 8.33. The first-order valence-corrected chi connectivity index (χ1v) is 8.71. The third-order valence-electron chi connectivity index (χ3n) is 3.84. The summed E-state index contributed by atoms with van der Waals surface area (Å²) in [5.74, 6) is 0.958. The number of nitrogens with one attached hydrogen (secondary N) is 1. The number of hydrogen-bond donors (Lipinski definition) is 1. The van der Waals surface area contributed by atoms with Gasteiger partial charge in [0.2, 0.25) is 10.0 Å². The highest BCUT2D eigenvalue weighted by Gasteiger charge is 2.28. The lowest BCUT2D eigenvalue weighted by Crippen LogP contribution is -2.46. The van der Waals surface area contributed by atoms with E-state index in [9.17, 15) is 8.42 Å². The lowest BCUT2D eigenvalue weighted by Gasteiger charge is -2.28. The highest BCUT2D eigenvalue weighted by Crippen LogP contribution is 2.32. The van der Waals surface area contributed by atoms with E-state index >= 15 is 0 Å². The maximum Gasteiger partial charge on any atom is 0.243 e. The molecule has 7 heteroatoms. The number of hydrogen-bond acceptors (Lipinski definition) is 4. The Bertz CT molecular complexity index is 611. The molecule has 0 aromatic heterocycles. The Morgan fingerprint density at radius 1 is 1.23 bits per heavy atom. The Kier molecular flexibility index (Phi) is 6.67. The fraction of sp³-hybridized carbons (Fsp3) is 0.600. The molecule has 0 radical (unpaired) electrons. The van der Waals surface area contributed by atoms with Crippen LogP contribution in [0.2, 0.25) is 0 Å². The molecule has 1 aromatic rings. The van der Waals surface area contributed by atoms with Gasteiger partial charge in [-0.3, -0.25) is 0 Å². The largest absolute Gasteiger partial charge is 0.496 e. The van der Waals surface area contributed by atoms with Crippen molar-refractivity contribution in [1.29, 1.82) is 0 Å². The van der Waals surface area contributed by atoms with E-state index in [4.69, 9.17) is 4.74 Å². The summed E-state index contributed by atoms with van der Waals surface area (Å²) in [5, 5.41) is 3.17. The lowest BCUT2D eigenvalue weighted by molar-refractivity contribution is 0.359. The fourth-order valence-corrected chi connectivity index (χ4v) is 4.29. The van der Waals surface area contributed by atoms with Gasteiger partial charge in [0.25, 0.3) is 0 Å². The van der Waals surface area contributed by atoms with Crippen LogP contribution in [0.3, 0.4) is 0 Å². The van der Waals surface area contributed by atoms with Crippen LogP contribution < -0.4 is 10.1 Å². The zero-order valence-corrected chi connectivity index (χ0v) is 15.2. The Balaban J connectivity index is 0.00000242. The number of benzene rings is 1. The van der Waals surface area contributed by atoms with Gasteiger partial charge in [-0.2, -0.15) is 4.31 Å². The molecular weight excluding hydrogens is 324 g/mol. The van der Waals surface area contributed by atoms with E-state index in [1.165, 1.54) is 0 Å². The van der Waals surface area contributed by atoms with Crippen molar-refractivity contribution in [2.75, 3.05) is 33.3 Å². The summed E-state index contributed by atoms with van der Waals surface area (Å²) < 4.78 is 32.6. The monoisotopic (exact) mass is 348 g/mol. The maximum atomic E-state index is 12.8. The van der Waals surface area contributed by atoms with Crippen LogP contribution in [0.15, 0.2) is 17.0 Å². The Morgan fingerprint density at radius 3 is 2.32 bits per heavy atom. The number of aryl methyl sites for hydroxylation is 1. The minimum absolute atomic E-state index is 0. The Labute approximate surface area is 139 Å². The van der Waals surface area contributed by atoms with E-state index in [0.717, 1.165) is 16.9 Å². The lowest BCUT2D eigenvalue weighted by atomic mass is 10.0. The van der Waals surface area contributed by atoms with E-state index in [2.05, 4.69) is 5.32 Å². The van der Waals surface area contributed by atoms with E-state index in [1.807, 2.05) is 26.8 Å². The molecule has 1 fully saturated rings. The van der Waals surface area contributed by atoms with Gasteiger partial charge < -0.3 is 10.1 Å². The van der Waals surface area contributed by atoms with Gasteiger partial charge in [-0.1, -0.05) is 13.8 Å². The van der Waals surface area contributed by atoms with E-state index < -0.39 is 10.0 Å². The van der Waals surface area contributed by atoms with E-state index in [0.29, 0.717) is 31.1 Å². The van der Waals surface area contributed by atoms with Crippen molar-refractivity contribution >= 4 is 22.4 Å². The van der Waals surface area contributed by atoms with Crippen LogP contribution in [0.25, 0.3) is 0 Å². The molecule has 1 aliphatic heterocycles. The van der Waals surface area contributed by atoms with Crippen LogP contribution in [-0.2, 0) is 10.0 Å². The Morgan fingerprint density at radius 2 is 1.82 bits per heavy atom. The second-order valence-corrected chi connectivity index (χ2v) is 7.57. The number of halogens is 1. The van der Waals surface area contributed by atoms with Crippen LogP contribution in [0.5, 0.6) is 5.75 Å². The van der Waals surface area contributed by atoms with Crippen molar-refractivity contribution in [3.63, 3.8) is 0 Å². The highest BCUT2D eigenvalue weighted by atomic mass is 35.5. The van der Waals surface area contributed by atoms with Gasteiger partial charge in [0.1, 0.15) is 5.75 Å². The summed E-state index contributed by atoms with van der Waals surface area (Å²) in [4.78, 5) is 0.397. The number of methoxy groups -OCH3 is 1. The van der Waals surface area contributed by atoms with Gasteiger partial charge in [-0.05, 0) is 36.1 Å². The molecule has 22 heavy (non-hydrogen) atoms. The zero-order valence-electron chi connectivity index (χ0n) is 13.5. The molecule has 1 aliphatic rings. The fourth-order valence-electron chi connectivity index (χ4n) is 2.61. The predicted molar refractivity (Wildman–Crippen MR) is 90.7 cm³/mol. The van der Waals surface area contributed by atoms with Crippen molar-refractivity contribution in [3.05, 3.63) is 23.3 Å². The van der Waals surface area contributed by atoms with Gasteiger partial charge in [-0.15, -0.1) is 12.4 Å². The number of piperazine rings is 1. The molecule has 0 aliphatic carbocycles. The van der Waals surface area contributed by atoms with Gasteiger partial charge in [0.15, 0.2) is 0 Å². The summed E-state index contributed by atoms with van der Waals surface area (Å²) in [6.07, 6.45) is 0. The van der Waals surface area contributed by atoms with Crippen LogP contribution in [-0.4, -0.2) is 46.0 Å². The standard InChI is InChI=1S/C15H24N2O3S.ClH/c1-11(2)13-10-15(12(3)9-14(13)20-4)21(18,19)17-7-5-16-6-8-17;/h9-11,16H,5-8H2,1-4H3;1H. The molecule has 1 N–H and O–H groups in total. The smallest absolute Gasteiger partial charge is 0.243 e. The molecule has 0 amide bonds. The molecule has 1 saturated heterocycles. The van der Waals surface area contributed by atoms with Gasteiger partial charge >= 0.3 is 0 Å². The SMILES string of the molecule is COc1cc(C)c(S(=O)(=O)N2CCNCC2)cc1C(C)C.Cl. The molecule has 0 atom stereocenters. The van der Waals surface area contributed by atoms with E-state index in [-0.39, 0.29) is 18.3 Å². The van der Waals surface area contributed by atoms with Gasteiger partial charge in [-0.25, -0.2) is 8.42 Å². The minimum Gasteiger partial charge on any atom is -0.496 e. The number of rotatable bonds is 4. The molecule has 0 spiro atoms. The summed E-state index contributed by atoms with van der Waals surface area (Å²) in [6, 6.07) is 3.60. The number of sulfonamides is 1. The first-order chi connectivity index (χ1) is 9.87. The zero-order chi connectivity index (χ0) is 15.6. The molecule has 126 valence electrons. The van der Waals surface area contributed by atoms with E-state index in [1.54, 1.807) is 17.5 Å². The molecule has 1 heterocycles. The maximum absolute atomic E-state index is 12.8. The summed E-state index contributed by atoms with van der Waals surface area (Å²) >= 11 is 0. The van der Waals surface area contributed by atoms with Crippen LogP contribution >= 0.6 is 12.4 Å². The topological polar surface area (TPSA) is 58.6 Å². The molecule has 1 aromatic carbocycles. The average molecular weight is 349 g/mol. The number of ether oxygens (including phenoxy) is 1. The van der Waals surface area contributed by atoms with Gasteiger partial charge in [0, 0.05) is 26.2 Å². The average Bonchev–Trinajstić information content (AvgIpc) is 2.47. The third kappa shape index (κ3) is 3.74. The van der Waals surface area contributed by atoms with Crippen molar-refractivity contribution in [3.8, 4) is 5.75 Å². The van der Waals surface area contributed by atoms with Crippen LogP contribution in [0.4, 0.5) is 0 Å². The Hall–Kier alpha value is -0.820. The summed E-state index contributed by atoms with van der Waals surface area (Å²) in [7, 11) is -1.82. The molecule has 5 nitrogen and oxygen atoms in total. The van der Waals surface area contributed by atoms with Crippen molar-refractivity contribution in [1.82, 2.24) is 9.62 Å². The normalized spacial score (nSPS) is 16.4. The van der Waals surface area contributed by atoms with Crippen LogP contribution in [0, 0.1) is 6.92 Å². The van der Waals surface area contributed by atoms with Crippen molar-refractivity contribution < 1.29 is 13.2 Å². The molecule has 0 bridgehead atoms. The molecule has 0 saturated carbocycles. The first kappa shape index (κ1) is 19.2. The number of nitrogens with zero attached hydrogens (tertiary/aromatic N) is 1. The van der Waals surface area contributed by atoms with Crippen molar-refractivity contribution in [2.24, 2.45) is 0 Å². The van der Waals surface area contributed by atoms with Crippen molar-refractivity contribution in [2.45, 2.75) is 31.6 Å². The molecule has 0 unspecified atom stereocenters. The third-order valence-corrected chi connectivity index (χ3v) is 5.88. The first-order valence-electron chi connectivity index (χ1n) is 7.27. The molecular formula is C15H25ClN2O3S. The predicted octanol–water partition coefficient (Wildman–Crippen LogP) is 2.14. The molecule has 2 rings (SSSR count). The second-order valence-electron chi connectivity index (χ2n) is 5.67. The summed E-state index contributed by atoms with van der Waals surface area (Å²) in [5.41, 5.74) is 1.66. The highest BCUT2D eigenvalue weighted by molar-refractivity contribution is 7.89. The quantitative estimate of drug-likeness (QED) is 0.905.